The second-order valence-electron chi connectivity index (χ2n) is 3.51. The van der Waals surface area contributed by atoms with Gasteiger partial charge >= 0.3 is 5.88 Å². The van der Waals surface area contributed by atoms with Crippen LogP contribution in [0.25, 0.3) is 0 Å². The van der Waals surface area contributed by atoms with Crippen LogP contribution in [0, 0.1) is 10.1 Å². The zero-order valence-corrected chi connectivity index (χ0v) is 10.3. The summed E-state index contributed by atoms with van der Waals surface area (Å²) in [7, 11) is 0. The van der Waals surface area contributed by atoms with Crippen LogP contribution in [0.4, 0.5) is 5.88 Å². The van der Waals surface area contributed by atoms with Crippen LogP contribution >= 0.6 is 11.8 Å². The number of nitro groups is 1. The molecule has 5 nitrogen and oxygen atoms in total. The third-order valence-corrected chi connectivity index (χ3v) is 3.30. The molecule has 16 heavy (non-hydrogen) atoms. The number of hydrogen-bond donors (Lipinski definition) is 1. The maximum absolute atomic E-state index is 10.4. The second kappa shape index (κ2) is 6.55. The summed E-state index contributed by atoms with van der Waals surface area (Å²) in [6.45, 7) is 3.59. The Kier molecular flexibility index (Phi) is 5.34. The van der Waals surface area contributed by atoms with E-state index in [9.17, 15) is 10.1 Å². The summed E-state index contributed by atoms with van der Waals surface area (Å²) in [6.07, 6.45) is 3.16. The highest BCUT2D eigenvalue weighted by Gasteiger charge is 2.11. The molecular weight excluding hydrogens is 228 g/mol. The zero-order valence-electron chi connectivity index (χ0n) is 9.43. The van der Waals surface area contributed by atoms with E-state index < -0.39 is 4.92 Å². The topological polar surface area (TPSA) is 68.3 Å². The minimum atomic E-state index is -0.528. The molecule has 90 valence electrons. The lowest BCUT2D eigenvalue weighted by Crippen LogP contribution is -2.17. The van der Waals surface area contributed by atoms with Gasteiger partial charge in [0.05, 0.1) is 12.6 Å². The van der Waals surface area contributed by atoms with E-state index in [4.69, 9.17) is 4.42 Å². The molecule has 0 aliphatic rings. The predicted octanol–water partition coefficient (Wildman–Crippen LogP) is 2.42. The molecule has 1 aromatic rings. The Morgan fingerprint density at radius 3 is 2.94 bits per heavy atom. The number of hydrogen-bond acceptors (Lipinski definition) is 5. The highest BCUT2D eigenvalue weighted by Crippen LogP contribution is 2.15. The fraction of sp³-hybridized carbons (Fsp3) is 0.600. The van der Waals surface area contributed by atoms with Crippen LogP contribution in [0.2, 0.25) is 0 Å². The van der Waals surface area contributed by atoms with Crippen molar-refractivity contribution in [2.75, 3.05) is 12.8 Å². The van der Waals surface area contributed by atoms with Gasteiger partial charge in [-0.25, -0.2) is 0 Å². The molecule has 1 aromatic heterocycles. The lowest BCUT2D eigenvalue weighted by Gasteiger charge is -2.07. The summed E-state index contributed by atoms with van der Waals surface area (Å²) in [5, 5.41) is 14.2. The van der Waals surface area contributed by atoms with E-state index in [-0.39, 0.29) is 5.88 Å². The van der Waals surface area contributed by atoms with Crippen molar-refractivity contribution in [2.45, 2.75) is 25.1 Å². The van der Waals surface area contributed by atoms with Crippen LogP contribution in [-0.4, -0.2) is 23.0 Å². The van der Waals surface area contributed by atoms with Crippen LogP contribution in [-0.2, 0) is 6.54 Å². The van der Waals surface area contributed by atoms with E-state index >= 15 is 0 Å². The van der Waals surface area contributed by atoms with Gasteiger partial charge < -0.3 is 9.73 Å². The largest absolute Gasteiger partial charge is 0.433 e. The highest BCUT2D eigenvalue weighted by atomic mass is 32.2. The Morgan fingerprint density at radius 1 is 1.62 bits per heavy atom. The van der Waals surface area contributed by atoms with E-state index in [2.05, 4.69) is 18.5 Å². The van der Waals surface area contributed by atoms with Gasteiger partial charge in [0.1, 0.15) is 10.7 Å². The molecule has 0 bridgehead atoms. The van der Waals surface area contributed by atoms with Gasteiger partial charge in [0, 0.05) is 5.25 Å². The Hall–Kier alpha value is -1.01. The third-order valence-electron chi connectivity index (χ3n) is 2.26. The Labute approximate surface area is 98.7 Å². The van der Waals surface area contributed by atoms with E-state index in [1.54, 1.807) is 6.07 Å². The average Bonchev–Trinajstić information content (AvgIpc) is 2.72. The monoisotopic (exact) mass is 244 g/mol. The normalized spacial score (nSPS) is 12.6. The first-order valence-corrected chi connectivity index (χ1v) is 6.39. The quantitative estimate of drug-likeness (QED) is 0.453. The van der Waals surface area contributed by atoms with Crippen LogP contribution in [0.1, 0.15) is 19.1 Å². The van der Waals surface area contributed by atoms with Gasteiger partial charge in [0.25, 0.3) is 0 Å². The number of furan rings is 1. The third kappa shape index (κ3) is 4.24. The van der Waals surface area contributed by atoms with E-state index in [1.807, 2.05) is 11.8 Å². The van der Waals surface area contributed by atoms with Gasteiger partial charge in [0.15, 0.2) is 0 Å². The van der Waals surface area contributed by atoms with Gasteiger partial charge in [-0.3, -0.25) is 10.1 Å². The predicted molar refractivity (Wildman–Crippen MR) is 64.7 cm³/mol. The summed E-state index contributed by atoms with van der Waals surface area (Å²) in [4.78, 5) is 9.83. The minimum absolute atomic E-state index is 0.200. The lowest BCUT2D eigenvalue weighted by atomic mass is 10.3. The van der Waals surface area contributed by atoms with Gasteiger partial charge in [-0.15, -0.1) is 0 Å². The van der Waals surface area contributed by atoms with Gasteiger partial charge in [-0.05, 0) is 25.3 Å². The van der Waals surface area contributed by atoms with Crippen LogP contribution in [0.5, 0.6) is 0 Å². The number of thioether (sulfide) groups is 1. The zero-order chi connectivity index (χ0) is 12.0. The molecule has 0 saturated carbocycles. The number of nitrogens with one attached hydrogen (secondary N) is 1. The van der Waals surface area contributed by atoms with Crippen molar-refractivity contribution in [3.05, 3.63) is 28.0 Å². The van der Waals surface area contributed by atoms with Crippen LogP contribution < -0.4 is 5.32 Å². The van der Waals surface area contributed by atoms with Crippen molar-refractivity contribution in [3.63, 3.8) is 0 Å². The lowest BCUT2D eigenvalue weighted by molar-refractivity contribution is -0.402. The molecule has 0 amide bonds. The van der Waals surface area contributed by atoms with E-state index in [0.717, 1.165) is 13.0 Å². The maximum atomic E-state index is 10.4. The summed E-state index contributed by atoms with van der Waals surface area (Å²) in [6, 6.07) is 3.00. The smallest absolute Gasteiger partial charge is 0.404 e. The fourth-order valence-corrected chi connectivity index (χ4v) is 1.55. The molecule has 0 radical (unpaired) electrons. The van der Waals surface area contributed by atoms with E-state index in [1.165, 1.54) is 6.07 Å². The standard InChI is InChI=1S/C10H16N2O3S/c1-8(16-2)5-6-11-7-9-3-4-10(15-9)12(13)14/h3-4,8,11H,5-7H2,1-2H3. The molecule has 1 rings (SSSR count). The highest BCUT2D eigenvalue weighted by molar-refractivity contribution is 7.99. The van der Waals surface area contributed by atoms with Crippen LogP contribution in [0.3, 0.4) is 0 Å². The van der Waals surface area contributed by atoms with Crippen molar-refractivity contribution in [1.29, 1.82) is 0 Å². The summed E-state index contributed by atoms with van der Waals surface area (Å²) in [5.74, 6) is 0.401. The maximum Gasteiger partial charge on any atom is 0.433 e. The average molecular weight is 244 g/mol. The first-order chi connectivity index (χ1) is 7.63. The van der Waals surface area contributed by atoms with Crippen molar-refractivity contribution in [2.24, 2.45) is 0 Å². The molecular formula is C10H16N2O3S. The fourth-order valence-electron chi connectivity index (χ4n) is 1.19. The number of rotatable bonds is 7. The molecule has 1 N–H and O–H groups in total. The Bertz CT molecular complexity index is 341. The summed E-state index contributed by atoms with van der Waals surface area (Å²) in [5.41, 5.74) is 0. The number of nitrogens with zero attached hydrogens (tertiary/aromatic N) is 1. The molecule has 0 aliphatic heterocycles. The molecule has 0 spiro atoms. The molecule has 1 unspecified atom stereocenters. The minimum Gasteiger partial charge on any atom is -0.404 e. The first kappa shape index (κ1) is 13.1. The van der Waals surface area contributed by atoms with Crippen molar-refractivity contribution >= 4 is 17.6 Å². The van der Waals surface area contributed by atoms with Gasteiger partial charge in [0.2, 0.25) is 0 Å². The van der Waals surface area contributed by atoms with Gasteiger partial charge in [-0.2, -0.15) is 11.8 Å². The molecule has 0 saturated heterocycles. The molecule has 0 aromatic carbocycles. The van der Waals surface area contributed by atoms with Crippen molar-refractivity contribution in [1.82, 2.24) is 5.32 Å². The van der Waals surface area contributed by atoms with Crippen LogP contribution in [0.15, 0.2) is 16.5 Å². The summed E-state index contributed by atoms with van der Waals surface area (Å²) < 4.78 is 5.01. The molecule has 0 fully saturated rings. The van der Waals surface area contributed by atoms with Gasteiger partial charge in [-0.1, -0.05) is 6.92 Å². The summed E-state index contributed by atoms with van der Waals surface area (Å²) >= 11 is 1.83. The van der Waals surface area contributed by atoms with E-state index in [0.29, 0.717) is 17.6 Å². The molecule has 0 aliphatic carbocycles. The second-order valence-corrected chi connectivity index (χ2v) is 4.78. The molecule has 1 atom stereocenters. The first-order valence-electron chi connectivity index (χ1n) is 5.10. The molecule has 1 heterocycles. The Morgan fingerprint density at radius 2 is 2.38 bits per heavy atom. The Balaban J connectivity index is 2.24. The van der Waals surface area contributed by atoms with Crippen molar-refractivity contribution < 1.29 is 9.34 Å². The molecule has 6 heteroatoms. The SMILES string of the molecule is CSC(C)CCNCc1ccc([N+](=O)[O-])o1. The van der Waals surface area contributed by atoms with Crippen molar-refractivity contribution in [3.8, 4) is 0 Å².